The van der Waals surface area contributed by atoms with Gasteiger partial charge in [0.15, 0.2) is 0 Å². The van der Waals surface area contributed by atoms with Gasteiger partial charge in [0.1, 0.15) is 11.6 Å². The number of benzene rings is 2. The van der Waals surface area contributed by atoms with Crippen LogP contribution in [0.1, 0.15) is 18.4 Å². The van der Waals surface area contributed by atoms with Gasteiger partial charge in [0, 0.05) is 25.3 Å². The van der Waals surface area contributed by atoms with E-state index >= 15 is 0 Å². The molecule has 1 saturated heterocycles. The number of rotatable bonds is 5. The molecule has 0 aromatic heterocycles. The number of halogens is 1. The normalized spacial score (nSPS) is 19.4. The van der Waals surface area contributed by atoms with Crippen LogP contribution >= 0.6 is 0 Å². The summed E-state index contributed by atoms with van der Waals surface area (Å²) < 4.78 is 18.2. The van der Waals surface area contributed by atoms with Gasteiger partial charge >= 0.3 is 6.03 Å². The number of piperidine rings is 1. The van der Waals surface area contributed by atoms with E-state index in [2.05, 4.69) is 10.6 Å². The molecule has 0 unspecified atom stereocenters. The van der Waals surface area contributed by atoms with E-state index in [4.69, 9.17) is 4.74 Å². The third-order valence-electron chi connectivity index (χ3n) is 5.00. The van der Waals surface area contributed by atoms with Crippen LogP contribution < -0.4 is 20.3 Å². The minimum atomic E-state index is -0.205. The first-order valence-corrected chi connectivity index (χ1v) is 9.21. The van der Waals surface area contributed by atoms with Crippen LogP contribution in [0.4, 0.5) is 14.9 Å². The summed E-state index contributed by atoms with van der Waals surface area (Å²) in [5, 5.41) is 6.44. The molecule has 6 heteroatoms. The Morgan fingerprint density at radius 1 is 1.26 bits per heavy atom. The molecule has 2 aromatic rings. The molecule has 3 rings (SSSR count). The van der Waals surface area contributed by atoms with E-state index in [1.165, 1.54) is 12.1 Å². The van der Waals surface area contributed by atoms with Crippen LogP contribution in [0.2, 0.25) is 0 Å². The first-order valence-electron chi connectivity index (χ1n) is 9.21. The topological polar surface area (TPSA) is 53.6 Å². The van der Waals surface area contributed by atoms with Crippen molar-refractivity contribution in [1.29, 1.82) is 0 Å². The summed E-state index contributed by atoms with van der Waals surface area (Å²) in [6.07, 6.45) is 2.74. The van der Waals surface area contributed by atoms with Gasteiger partial charge in [-0.2, -0.15) is 0 Å². The molecular formula is C21H26FN3O2. The van der Waals surface area contributed by atoms with Crippen LogP contribution in [-0.2, 0) is 6.42 Å². The highest BCUT2D eigenvalue weighted by Gasteiger charge is 2.23. The standard InChI is InChI=1S/C21H26FN3O2/c1-25(18-4-3-5-19(13-18)27-2)21(26)24-20-11-8-16(14-23-20)12-15-6-9-17(22)10-7-15/h3-7,9-10,13,16,20,23H,8,11-12,14H2,1-2H3,(H,24,26)/t16-,20+/m0/s1. The molecule has 144 valence electrons. The minimum absolute atomic E-state index is 0.0463. The average molecular weight is 371 g/mol. The molecule has 27 heavy (non-hydrogen) atoms. The molecular weight excluding hydrogens is 345 g/mol. The molecule has 1 heterocycles. The number of hydrogen-bond donors (Lipinski definition) is 2. The zero-order valence-corrected chi connectivity index (χ0v) is 15.7. The van der Waals surface area contributed by atoms with Crippen LogP contribution in [-0.4, -0.2) is 32.9 Å². The molecule has 2 aromatic carbocycles. The van der Waals surface area contributed by atoms with E-state index in [0.717, 1.165) is 37.1 Å². The van der Waals surface area contributed by atoms with Crippen molar-refractivity contribution in [3.05, 3.63) is 59.9 Å². The van der Waals surface area contributed by atoms with Gasteiger partial charge in [-0.25, -0.2) is 9.18 Å². The van der Waals surface area contributed by atoms with Crippen molar-refractivity contribution in [2.45, 2.75) is 25.4 Å². The van der Waals surface area contributed by atoms with Crippen molar-refractivity contribution >= 4 is 11.7 Å². The zero-order chi connectivity index (χ0) is 19.2. The van der Waals surface area contributed by atoms with Gasteiger partial charge in [-0.15, -0.1) is 0 Å². The number of amides is 2. The molecule has 0 bridgehead atoms. The van der Waals surface area contributed by atoms with E-state index in [1.807, 2.05) is 36.4 Å². The summed E-state index contributed by atoms with van der Waals surface area (Å²) in [6, 6.07) is 13.9. The second kappa shape index (κ2) is 8.86. The van der Waals surface area contributed by atoms with E-state index in [9.17, 15) is 9.18 Å². The summed E-state index contributed by atoms with van der Waals surface area (Å²) in [7, 11) is 3.35. The van der Waals surface area contributed by atoms with Crippen molar-refractivity contribution < 1.29 is 13.9 Å². The highest BCUT2D eigenvalue weighted by molar-refractivity contribution is 5.91. The van der Waals surface area contributed by atoms with E-state index in [-0.39, 0.29) is 18.0 Å². The molecule has 0 aliphatic carbocycles. The van der Waals surface area contributed by atoms with Crippen molar-refractivity contribution in [2.24, 2.45) is 5.92 Å². The Kier molecular flexibility index (Phi) is 6.29. The molecule has 1 fully saturated rings. The first-order chi connectivity index (χ1) is 13.0. The molecule has 1 aliphatic rings. The Morgan fingerprint density at radius 3 is 2.70 bits per heavy atom. The molecule has 2 atom stereocenters. The Morgan fingerprint density at radius 2 is 2.04 bits per heavy atom. The van der Waals surface area contributed by atoms with Gasteiger partial charge in [-0.05, 0) is 55.0 Å². The number of carbonyl (C=O) groups excluding carboxylic acids is 1. The maximum atomic E-state index is 13.0. The summed E-state index contributed by atoms with van der Waals surface area (Å²) in [4.78, 5) is 14.1. The predicted octanol–water partition coefficient (Wildman–Crippen LogP) is 3.55. The van der Waals surface area contributed by atoms with E-state index in [1.54, 1.807) is 19.1 Å². The summed E-state index contributed by atoms with van der Waals surface area (Å²) >= 11 is 0. The fraction of sp³-hybridized carbons (Fsp3) is 0.381. The number of nitrogens with one attached hydrogen (secondary N) is 2. The van der Waals surface area contributed by atoms with Crippen LogP contribution in [0.15, 0.2) is 48.5 Å². The SMILES string of the molecule is COc1cccc(N(C)C(=O)N[C@@H]2CC[C@@H](Cc3ccc(F)cc3)CN2)c1. The van der Waals surface area contributed by atoms with Crippen LogP contribution in [0.5, 0.6) is 5.75 Å². The summed E-state index contributed by atoms with van der Waals surface area (Å²) in [6.45, 7) is 0.825. The van der Waals surface area contributed by atoms with Gasteiger partial charge in [0.2, 0.25) is 0 Å². The number of urea groups is 1. The Balaban J connectivity index is 1.48. The van der Waals surface area contributed by atoms with Gasteiger partial charge in [-0.3, -0.25) is 10.2 Å². The highest BCUT2D eigenvalue weighted by Crippen LogP contribution is 2.21. The number of nitrogens with zero attached hydrogens (tertiary/aromatic N) is 1. The number of ether oxygens (including phenoxy) is 1. The lowest BCUT2D eigenvalue weighted by atomic mass is 9.91. The maximum absolute atomic E-state index is 13.0. The summed E-state index contributed by atoms with van der Waals surface area (Å²) in [5.74, 6) is 0.995. The van der Waals surface area contributed by atoms with E-state index < -0.39 is 0 Å². The van der Waals surface area contributed by atoms with Crippen molar-refractivity contribution in [3.63, 3.8) is 0 Å². The molecule has 2 amide bonds. The lowest BCUT2D eigenvalue weighted by Crippen LogP contribution is -2.53. The van der Waals surface area contributed by atoms with Crippen molar-refractivity contribution in [1.82, 2.24) is 10.6 Å². The zero-order valence-electron chi connectivity index (χ0n) is 15.7. The lowest BCUT2D eigenvalue weighted by Gasteiger charge is -2.32. The summed E-state index contributed by atoms with van der Waals surface area (Å²) in [5.41, 5.74) is 1.92. The number of hydrogen-bond acceptors (Lipinski definition) is 3. The smallest absolute Gasteiger partial charge is 0.322 e. The number of anilines is 1. The second-order valence-electron chi connectivity index (χ2n) is 6.94. The largest absolute Gasteiger partial charge is 0.497 e. The van der Waals surface area contributed by atoms with Crippen LogP contribution in [0.25, 0.3) is 0 Å². The molecule has 1 aliphatic heterocycles. The molecule has 2 N–H and O–H groups in total. The number of methoxy groups -OCH3 is 1. The Hall–Kier alpha value is -2.60. The first kappa shape index (κ1) is 19.2. The highest BCUT2D eigenvalue weighted by atomic mass is 19.1. The molecule has 0 radical (unpaired) electrons. The van der Waals surface area contributed by atoms with Gasteiger partial charge in [0.25, 0.3) is 0 Å². The Labute approximate surface area is 159 Å². The second-order valence-corrected chi connectivity index (χ2v) is 6.94. The number of carbonyl (C=O) groups is 1. The monoisotopic (exact) mass is 371 g/mol. The van der Waals surface area contributed by atoms with E-state index in [0.29, 0.717) is 11.7 Å². The Bertz CT molecular complexity index is 758. The fourth-order valence-electron chi connectivity index (χ4n) is 3.35. The molecule has 5 nitrogen and oxygen atoms in total. The average Bonchev–Trinajstić information content (AvgIpc) is 2.70. The molecule has 0 spiro atoms. The predicted molar refractivity (Wildman–Crippen MR) is 105 cm³/mol. The lowest BCUT2D eigenvalue weighted by molar-refractivity contribution is 0.228. The van der Waals surface area contributed by atoms with Crippen molar-refractivity contribution in [3.8, 4) is 5.75 Å². The van der Waals surface area contributed by atoms with Crippen molar-refractivity contribution in [2.75, 3.05) is 25.6 Å². The maximum Gasteiger partial charge on any atom is 0.322 e. The van der Waals surface area contributed by atoms with Gasteiger partial charge in [-0.1, -0.05) is 18.2 Å². The minimum Gasteiger partial charge on any atom is -0.497 e. The third-order valence-corrected chi connectivity index (χ3v) is 5.00. The van der Waals surface area contributed by atoms with Gasteiger partial charge in [0.05, 0.1) is 13.3 Å². The van der Waals surface area contributed by atoms with Gasteiger partial charge < -0.3 is 10.1 Å². The van der Waals surface area contributed by atoms with Crippen LogP contribution in [0, 0.1) is 11.7 Å². The third kappa shape index (κ3) is 5.20. The quantitative estimate of drug-likeness (QED) is 0.845. The fourth-order valence-corrected chi connectivity index (χ4v) is 3.35. The van der Waals surface area contributed by atoms with Crippen LogP contribution in [0.3, 0.4) is 0 Å². The molecule has 0 saturated carbocycles.